The van der Waals surface area contributed by atoms with Gasteiger partial charge < -0.3 is 5.11 Å². The molecule has 0 aliphatic heterocycles. The molecule has 0 aliphatic carbocycles. The molecule has 0 bridgehead atoms. The van der Waals surface area contributed by atoms with Crippen LogP contribution in [0.3, 0.4) is 0 Å². The van der Waals surface area contributed by atoms with Crippen LogP contribution in [0.2, 0.25) is 10.0 Å². The minimum absolute atomic E-state index is 0.105. The smallest absolute Gasteiger partial charge is 0.261 e. The third-order valence-electron chi connectivity index (χ3n) is 2.67. The largest absolute Gasteiger partial charge is 0.392 e. The van der Waals surface area contributed by atoms with Crippen molar-refractivity contribution < 1.29 is 17.9 Å². The van der Waals surface area contributed by atoms with Gasteiger partial charge in [-0.25, -0.2) is 12.8 Å². The van der Waals surface area contributed by atoms with Crippen molar-refractivity contribution in [2.75, 3.05) is 4.72 Å². The van der Waals surface area contributed by atoms with Crippen molar-refractivity contribution >= 4 is 38.9 Å². The lowest BCUT2D eigenvalue weighted by Crippen LogP contribution is -2.13. The molecule has 0 saturated carbocycles. The van der Waals surface area contributed by atoms with E-state index in [0.717, 1.165) is 18.2 Å². The van der Waals surface area contributed by atoms with Crippen LogP contribution in [-0.4, -0.2) is 13.5 Å². The van der Waals surface area contributed by atoms with Gasteiger partial charge in [-0.2, -0.15) is 0 Å². The molecule has 21 heavy (non-hydrogen) atoms. The first kappa shape index (κ1) is 16.0. The predicted molar refractivity (Wildman–Crippen MR) is 79.6 cm³/mol. The van der Waals surface area contributed by atoms with Crippen molar-refractivity contribution in [2.24, 2.45) is 0 Å². The molecule has 0 fully saturated rings. The minimum atomic E-state index is -3.92. The number of benzene rings is 2. The summed E-state index contributed by atoms with van der Waals surface area (Å²) in [6.45, 7) is -0.595. The van der Waals surface area contributed by atoms with Crippen LogP contribution in [0.4, 0.5) is 10.1 Å². The number of hydrogen-bond donors (Lipinski definition) is 2. The fourth-order valence-electron chi connectivity index (χ4n) is 1.61. The lowest BCUT2D eigenvalue weighted by atomic mass is 10.2. The number of nitrogens with one attached hydrogen (secondary N) is 1. The molecule has 2 aromatic rings. The van der Waals surface area contributed by atoms with Crippen LogP contribution in [0.5, 0.6) is 0 Å². The van der Waals surface area contributed by atoms with Gasteiger partial charge in [-0.15, -0.1) is 0 Å². The summed E-state index contributed by atoms with van der Waals surface area (Å²) in [5, 5.41) is 9.47. The van der Waals surface area contributed by atoms with E-state index >= 15 is 0 Å². The normalized spacial score (nSPS) is 11.4. The summed E-state index contributed by atoms with van der Waals surface area (Å²) >= 11 is 11.6. The maximum absolute atomic E-state index is 13.3. The third-order valence-corrected chi connectivity index (χ3v) is 4.79. The molecule has 8 heteroatoms. The second kappa shape index (κ2) is 6.19. The molecule has 0 aromatic heterocycles. The number of sulfonamides is 1. The maximum Gasteiger partial charge on any atom is 0.261 e. The van der Waals surface area contributed by atoms with Crippen molar-refractivity contribution in [3.05, 3.63) is 57.8 Å². The Kier molecular flexibility index (Phi) is 4.73. The molecule has 2 N–H and O–H groups in total. The molecule has 0 heterocycles. The summed E-state index contributed by atoms with van der Waals surface area (Å²) in [6, 6.07) is 7.41. The Morgan fingerprint density at radius 2 is 1.81 bits per heavy atom. The number of aliphatic hydroxyl groups is 1. The highest BCUT2D eigenvalue weighted by Gasteiger charge is 2.16. The standard InChI is InChI=1S/C13H10Cl2FNO3S/c14-11-3-1-9(6-12(11)15)17-21(19,20)10-2-4-13(16)8(5-10)7-18/h1-6,17-18H,7H2. The topological polar surface area (TPSA) is 66.4 Å². The average molecular weight is 350 g/mol. The van der Waals surface area contributed by atoms with E-state index in [2.05, 4.69) is 4.72 Å². The van der Waals surface area contributed by atoms with E-state index < -0.39 is 22.4 Å². The lowest BCUT2D eigenvalue weighted by molar-refractivity contribution is 0.275. The molecule has 0 spiro atoms. The molecule has 0 saturated heterocycles. The molecule has 4 nitrogen and oxygen atoms in total. The fraction of sp³-hybridized carbons (Fsp3) is 0.0769. The van der Waals surface area contributed by atoms with E-state index in [9.17, 15) is 12.8 Å². The lowest BCUT2D eigenvalue weighted by Gasteiger charge is -2.10. The second-order valence-electron chi connectivity index (χ2n) is 4.15. The molecule has 2 aromatic carbocycles. The maximum atomic E-state index is 13.3. The Labute approximate surface area is 131 Å². The van der Waals surface area contributed by atoms with E-state index in [1.54, 1.807) is 0 Å². The Morgan fingerprint density at radius 1 is 1.10 bits per heavy atom. The molecule has 0 amide bonds. The van der Waals surface area contributed by atoms with Gasteiger partial charge in [-0.05, 0) is 36.4 Å². The molecule has 2 rings (SSSR count). The van der Waals surface area contributed by atoms with Crippen LogP contribution in [-0.2, 0) is 16.6 Å². The van der Waals surface area contributed by atoms with Crippen LogP contribution >= 0.6 is 23.2 Å². The molecule has 112 valence electrons. The molecule has 0 aliphatic rings. The van der Waals surface area contributed by atoms with Crippen molar-refractivity contribution in [3.63, 3.8) is 0 Å². The zero-order valence-corrected chi connectivity index (χ0v) is 12.8. The van der Waals surface area contributed by atoms with E-state index in [1.807, 2.05) is 0 Å². The summed E-state index contributed by atoms with van der Waals surface area (Å²) < 4.78 is 39.9. The van der Waals surface area contributed by atoms with Crippen LogP contribution in [0.15, 0.2) is 41.3 Å². The van der Waals surface area contributed by atoms with E-state index in [0.29, 0.717) is 5.02 Å². The highest BCUT2D eigenvalue weighted by atomic mass is 35.5. The average Bonchev–Trinajstić information content (AvgIpc) is 2.43. The van der Waals surface area contributed by atoms with Gasteiger partial charge in [0.25, 0.3) is 10.0 Å². The number of aliphatic hydroxyl groups excluding tert-OH is 1. The van der Waals surface area contributed by atoms with Gasteiger partial charge in [0.15, 0.2) is 0 Å². The second-order valence-corrected chi connectivity index (χ2v) is 6.64. The number of anilines is 1. The molecular weight excluding hydrogens is 340 g/mol. The van der Waals surface area contributed by atoms with Crippen LogP contribution < -0.4 is 4.72 Å². The van der Waals surface area contributed by atoms with Gasteiger partial charge in [0.05, 0.1) is 27.2 Å². The van der Waals surface area contributed by atoms with Crippen molar-refractivity contribution in [3.8, 4) is 0 Å². The van der Waals surface area contributed by atoms with E-state index in [1.165, 1.54) is 18.2 Å². The number of rotatable bonds is 4. The first-order valence-corrected chi connectivity index (χ1v) is 7.94. The van der Waals surface area contributed by atoms with Gasteiger partial charge in [0.1, 0.15) is 5.82 Å². The zero-order chi connectivity index (χ0) is 15.6. The SMILES string of the molecule is O=S(=O)(Nc1ccc(Cl)c(Cl)c1)c1ccc(F)c(CO)c1. The quantitative estimate of drug-likeness (QED) is 0.888. The van der Waals surface area contributed by atoms with Crippen molar-refractivity contribution in [1.29, 1.82) is 0 Å². The summed E-state index contributed by atoms with van der Waals surface area (Å²) in [5.74, 6) is -0.675. The molecular formula is C13H10Cl2FNO3S. The summed E-state index contributed by atoms with van der Waals surface area (Å²) in [5.41, 5.74) is 0.117. The first-order chi connectivity index (χ1) is 9.83. The summed E-state index contributed by atoms with van der Waals surface area (Å²) in [6.07, 6.45) is 0. The van der Waals surface area contributed by atoms with Gasteiger partial charge in [0, 0.05) is 5.56 Å². The molecule has 0 unspecified atom stereocenters. The number of hydrogen-bond acceptors (Lipinski definition) is 3. The van der Waals surface area contributed by atoms with E-state index in [-0.39, 0.29) is 21.2 Å². The predicted octanol–water partition coefficient (Wildman–Crippen LogP) is 3.43. The van der Waals surface area contributed by atoms with Gasteiger partial charge in [-0.3, -0.25) is 4.72 Å². The molecule has 0 atom stereocenters. The number of halogens is 3. The van der Waals surface area contributed by atoms with Crippen molar-refractivity contribution in [2.45, 2.75) is 11.5 Å². The minimum Gasteiger partial charge on any atom is -0.392 e. The van der Waals surface area contributed by atoms with Gasteiger partial charge >= 0.3 is 0 Å². The summed E-state index contributed by atoms with van der Waals surface area (Å²) in [7, 11) is -3.92. The van der Waals surface area contributed by atoms with Crippen molar-refractivity contribution in [1.82, 2.24) is 0 Å². The van der Waals surface area contributed by atoms with Crippen LogP contribution in [0.25, 0.3) is 0 Å². The third kappa shape index (κ3) is 3.65. The Bertz CT molecular complexity index is 781. The highest BCUT2D eigenvalue weighted by molar-refractivity contribution is 7.92. The van der Waals surface area contributed by atoms with Gasteiger partial charge in [0.2, 0.25) is 0 Å². The van der Waals surface area contributed by atoms with Crippen LogP contribution in [0.1, 0.15) is 5.56 Å². The fourth-order valence-corrected chi connectivity index (χ4v) is 3.01. The highest BCUT2D eigenvalue weighted by Crippen LogP contribution is 2.26. The Hall–Kier alpha value is -1.34. The Balaban J connectivity index is 2.35. The first-order valence-electron chi connectivity index (χ1n) is 5.70. The summed E-state index contributed by atoms with van der Waals surface area (Å²) in [4.78, 5) is -0.168. The van der Waals surface area contributed by atoms with Crippen LogP contribution in [0, 0.1) is 5.82 Å². The Morgan fingerprint density at radius 3 is 2.43 bits per heavy atom. The zero-order valence-electron chi connectivity index (χ0n) is 10.5. The monoisotopic (exact) mass is 349 g/mol. The molecule has 0 radical (unpaired) electrons. The van der Waals surface area contributed by atoms with Gasteiger partial charge in [-0.1, -0.05) is 23.2 Å². The van der Waals surface area contributed by atoms with E-state index in [4.69, 9.17) is 28.3 Å².